The average molecular weight is 342 g/mol. The minimum Gasteiger partial charge on any atom is -0.481 e. The summed E-state index contributed by atoms with van der Waals surface area (Å²) in [7, 11) is 0. The van der Waals surface area contributed by atoms with Gasteiger partial charge in [0.25, 0.3) is 5.91 Å². The fourth-order valence-electron chi connectivity index (χ4n) is 1.37. The summed E-state index contributed by atoms with van der Waals surface area (Å²) in [4.78, 5) is 15.7. The molecule has 0 aliphatic heterocycles. The Morgan fingerprint density at radius 3 is 2.84 bits per heavy atom. The van der Waals surface area contributed by atoms with Gasteiger partial charge in [-0.05, 0) is 40.2 Å². The van der Waals surface area contributed by atoms with Crippen molar-refractivity contribution in [2.24, 2.45) is 0 Å². The van der Waals surface area contributed by atoms with Gasteiger partial charge in [-0.1, -0.05) is 23.7 Å². The van der Waals surface area contributed by atoms with Gasteiger partial charge in [-0.25, -0.2) is 4.98 Å². The normalized spacial score (nSPS) is 10.0. The number of aromatic nitrogens is 1. The third-order valence-corrected chi connectivity index (χ3v) is 3.16. The van der Waals surface area contributed by atoms with E-state index in [0.29, 0.717) is 21.1 Å². The molecule has 4 nitrogen and oxygen atoms in total. The van der Waals surface area contributed by atoms with E-state index in [0.717, 1.165) is 0 Å². The first kappa shape index (κ1) is 13.8. The molecule has 1 N–H and O–H groups in total. The van der Waals surface area contributed by atoms with Gasteiger partial charge in [0.2, 0.25) is 0 Å². The molecule has 0 spiro atoms. The molecular formula is C13H10BrClN2O2. The number of halogens is 2. The molecule has 0 fully saturated rings. The van der Waals surface area contributed by atoms with Crippen molar-refractivity contribution in [2.75, 3.05) is 11.9 Å². The Balaban J connectivity index is 1.92. The molecule has 0 unspecified atom stereocenters. The minimum absolute atomic E-state index is 0.116. The van der Waals surface area contributed by atoms with Crippen LogP contribution in [0.5, 0.6) is 5.75 Å². The molecule has 0 aliphatic rings. The van der Waals surface area contributed by atoms with Crippen LogP contribution >= 0.6 is 27.5 Å². The molecule has 98 valence electrons. The van der Waals surface area contributed by atoms with Crippen LogP contribution < -0.4 is 10.1 Å². The van der Waals surface area contributed by atoms with Crippen LogP contribution in [-0.4, -0.2) is 17.5 Å². The third-order valence-electron chi connectivity index (χ3n) is 2.23. The lowest BCUT2D eigenvalue weighted by Crippen LogP contribution is -2.20. The smallest absolute Gasteiger partial charge is 0.262 e. The quantitative estimate of drug-likeness (QED) is 0.866. The molecule has 1 heterocycles. The molecule has 1 aromatic carbocycles. The second-order valence-electron chi connectivity index (χ2n) is 3.61. The molecule has 1 amide bonds. The van der Waals surface area contributed by atoms with Crippen molar-refractivity contribution < 1.29 is 9.53 Å². The number of pyridine rings is 1. The summed E-state index contributed by atoms with van der Waals surface area (Å²) in [5, 5.41) is 3.15. The summed E-state index contributed by atoms with van der Waals surface area (Å²) >= 11 is 9.17. The van der Waals surface area contributed by atoms with Crippen LogP contribution in [0.4, 0.5) is 5.69 Å². The third kappa shape index (κ3) is 3.94. The van der Waals surface area contributed by atoms with Crippen molar-refractivity contribution in [3.63, 3.8) is 0 Å². The van der Waals surface area contributed by atoms with Gasteiger partial charge >= 0.3 is 0 Å². The van der Waals surface area contributed by atoms with E-state index in [1.807, 2.05) is 0 Å². The van der Waals surface area contributed by atoms with Crippen LogP contribution in [0, 0.1) is 0 Å². The summed E-state index contributed by atoms with van der Waals surface area (Å²) < 4.78 is 5.90. The van der Waals surface area contributed by atoms with Gasteiger partial charge in [0.15, 0.2) is 12.4 Å². The number of para-hydroxylation sites is 1. The van der Waals surface area contributed by atoms with Gasteiger partial charge in [0.1, 0.15) is 4.60 Å². The maximum Gasteiger partial charge on any atom is 0.262 e. The van der Waals surface area contributed by atoms with Crippen molar-refractivity contribution in [3.8, 4) is 5.75 Å². The van der Waals surface area contributed by atoms with Gasteiger partial charge < -0.3 is 10.1 Å². The maximum atomic E-state index is 11.7. The van der Waals surface area contributed by atoms with E-state index < -0.39 is 0 Å². The Labute approximate surface area is 123 Å². The fraction of sp³-hybridized carbons (Fsp3) is 0.0769. The van der Waals surface area contributed by atoms with Crippen LogP contribution in [-0.2, 0) is 4.79 Å². The largest absolute Gasteiger partial charge is 0.481 e. The Morgan fingerprint density at radius 2 is 2.11 bits per heavy atom. The Kier molecular flexibility index (Phi) is 4.76. The van der Waals surface area contributed by atoms with Crippen molar-refractivity contribution >= 4 is 39.1 Å². The molecule has 0 saturated carbocycles. The molecule has 0 saturated heterocycles. The summed E-state index contributed by atoms with van der Waals surface area (Å²) in [6, 6.07) is 10.5. The van der Waals surface area contributed by atoms with Gasteiger partial charge in [-0.15, -0.1) is 0 Å². The van der Waals surface area contributed by atoms with Gasteiger partial charge in [-0.3, -0.25) is 4.79 Å². The van der Waals surface area contributed by atoms with E-state index in [1.165, 1.54) is 0 Å². The highest BCUT2D eigenvalue weighted by Gasteiger charge is 2.07. The zero-order valence-electron chi connectivity index (χ0n) is 9.77. The first-order valence-electron chi connectivity index (χ1n) is 5.44. The molecular weight excluding hydrogens is 332 g/mol. The maximum absolute atomic E-state index is 11.7. The molecule has 2 aromatic rings. The zero-order chi connectivity index (χ0) is 13.7. The Hall–Kier alpha value is -1.59. The predicted molar refractivity (Wildman–Crippen MR) is 77.5 cm³/mol. The summed E-state index contributed by atoms with van der Waals surface area (Å²) in [6.45, 7) is -0.116. The van der Waals surface area contributed by atoms with Crippen LogP contribution in [0.1, 0.15) is 0 Å². The lowest BCUT2D eigenvalue weighted by molar-refractivity contribution is -0.118. The second kappa shape index (κ2) is 6.54. The number of rotatable bonds is 4. The first-order valence-corrected chi connectivity index (χ1v) is 6.61. The van der Waals surface area contributed by atoms with Crippen molar-refractivity contribution in [1.82, 2.24) is 4.98 Å². The molecule has 1 aromatic heterocycles. The van der Waals surface area contributed by atoms with Crippen LogP contribution in [0.15, 0.2) is 47.2 Å². The molecule has 6 heteroatoms. The number of anilines is 1. The fourth-order valence-corrected chi connectivity index (χ4v) is 1.92. The van der Waals surface area contributed by atoms with Gasteiger partial charge in [0.05, 0.1) is 10.7 Å². The molecule has 0 aliphatic carbocycles. The van der Waals surface area contributed by atoms with E-state index in [2.05, 4.69) is 26.2 Å². The highest BCUT2D eigenvalue weighted by Crippen LogP contribution is 2.22. The van der Waals surface area contributed by atoms with Gasteiger partial charge in [0, 0.05) is 6.20 Å². The highest BCUT2D eigenvalue weighted by atomic mass is 79.9. The predicted octanol–water partition coefficient (Wildman–Crippen LogP) is 3.52. The van der Waals surface area contributed by atoms with E-state index in [4.69, 9.17) is 16.3 Å². The highest BCUT2D eigenvalue weighted by molar-refractivity contribution is 9.10. The number of carbonyl (C=O) groups excluding carboxylic acids is 1. The van der Waals surface area contributed by atoms with Gasteiger partial charge in [-0.2, -0.15) is 0 Å². The van der Waals surface area contributed by atoms with Crippen molar-refractivity contribution in [2.45, 2.75) is 0 Å². The van der Waals surface area contributed by atoms with E-state index in [9.17, 15) is 4.79 Å². The van der Waals surface area contributed by atoms with E-state index in [1.54, 1.807) is 42.6 Å². The summed E-state index contributed by atoms with van der Waals surface area (Å²) in [5.74, 6) is 0.223. The van der Waals surface area contributed by atoms with Crippen LogP contribution in [0.2, 0.25) is 5.02 Å². The zero-order valence-corrected chi connectivity index (χ0v) is 12.1. The number of benzene rings is 1. The minimum atomic E-state index is -0.288. The Morgan fingerprint density at radius 1 is 1.32 bits per heavy atom. The summed E-state index contributed by atoms with van der Waals surface area (Å²) in [5.41, 5.74) is 0.558. The van der Waals surface area contributed by atoms with Crippen molar-refractivity contribution in [3.05, 3.63) is 52.2 Å². The topological polar surface area (TPSA) is 51.2 Å². The molecule has 0 radical (unpaired) electrons. The standard InChI is InChI=1S/C13H10BrClN2O2/c14-13-11(6-3-7-16-13)19-8-12(18)17-10-5-2-1-4-9(10)15/h1-7H,8H2,(H,17,18). The van der Waals surface area contributed by atoms with Crippen molar-refractivity contribution in [1.29, 1.82) is 0 Å². The monoisotopic (exact) mass is 340 g/mol. The molecule has 0 bridgehead atoms. The molecule has 19 heavy (non-hydrogen) atoms. The Bertz CT molecular complexity index is 592. The lowest BCUT2D eigenvalue weighted by Gasteiger charge is -2.09. The number of ether oxygens (including phenoxy) is 1. The summed E-state index contributed by atoms with van der Waals surface area (Å²) in [6.07, 6.45) is 1.63. The van der Waals surface area contributed by atoms with Crippen LogP contribution in [0.3, 0.4) is 0 Å². The van der Waals surface area contributed by atoms with Crippen LogP contribution in [0.25, 0.3) is 0 Å². The first-order chi connectivity index (χ1) is 9.16. The molecule has 0 atom stereocenters. The second-order valence-corrected chi connectivity index (χ2v) is 4.77. The van der Waals surface area contributed by atoms with E-state index >= 15 is 0 Å². The number of hydrogen-bond donors (Lipinski definition) is 1. The number of nitrogens with zero attached hydrogens (tertiary/aromatic N) is 1. The SMILES string of the molecule is O=C(COc1cccnc1Br)Nc1ccccc1Cl. The number of amides is 1. The number of carbonyl (C=O) groups is 1. The average Bonchev–Trinajstić information content (AvgIpc) is 2.40. The molecule has 2 rings (SSSR count). The number of hydrogen-bond acceptors (Lipinski definition) is 3. The van der Waals surface area contributed by atoms with E-state index in [-0.39, 0.29) is 12.5 Å². The lowest BCUT2D eigenvalue weighted by atomic mass is 10.3. The number of nitrogens with one attached hydrogen (secondary N) is 1.